The van der Waals surface area contributed by atoms with E-state index in [4.69, 9.17) is 9.84 Å². The summed E-state index contributed by atoms with van der Waals surface area (Å²) in [7, 11) is 0. The SMILES string of the molecule is O=C(O)CCOC1CCN(C(=O)c2cnccn2)CC1. The molecule has 0 radical (unpaired) electrons. The average Bonchev–Trinajstić information content (AvgIpc) is 2.48. The number of rotatable bonds is 5. The lowest BCUT2D eigenvalue weighted by Gasteiger charge is -2.31. The van der Waals surface area contributed by atoms with Gasteiger partial charge in [-0.05, 0) is 12.8 Å². The van der Waals surface area contributed by atoms with Gasteiger partial charge in [-0.2, -0.15) is 0 Å². The summed E-state index contributed by atoms with van der Waals surface area (Å²) in [6.07, 6.45) is 5.95. The highest BCUT2D eigenvalue weighted by Gasteiger charge is 2.24. The molecule has 7 heteroatoms. The molecule has 0 unspecified atom stereocenters. The molecule has 7 nitrogen and oxygen atoms in total. The van der Waals surface area contributed by atoms with Crippen molar-refractivity contribution < 1.29 is 19.4 Å². The molecule has 0 atom stereocenters. The van der Waals surface area contributed by atoms with Crippen LogP contribution < -0.4 is 0 Å². The van der Waals surface area contributed by atoms with Crippen molar-refractivity contribution in [1.29, 1.82) is 0 Å². The van der Waals surface area contributed by atoms with E-state index in [0.29, 0.717) is 31.6 Å². The lowest BCUT2D eigenvalue weighted by Crippen LogP contribution is -2.41. The van der Waals surface area contributed by atoms with Crippen molar-refractivity contribution in [2.75, 3.05) is 19.7 Å². The van der Waals surface area contributed by atoms with Crippen LogP contribution >= 0.6 is 0 Å². The maximum Gasteiger partial charge on any atom is 0.305 e. The van der Waals surface area contributed by atoms with Crippen LogP contribution in [0.3, 0.4) is 0 Å². The number of piperidine rings is 1. The molecule has 1 fully saturated rings. The van der Waals surface area contributed by atoms with Crippen LogP contribution in [-0.4, -0.2) is 57.7 Å². The summed E-state index contributed by atoms with van der Waals surface area (Å²) in [4.78, 5) is 32.1. The normalized spacial score (nSPS) is 16.1. The van der Waals surface area contributed by atoms with Gasteiger partial charge in [-0.1, -0.05) is 0 Å². The summed E-state index contributed by atoms with van der Waals surface area (Å²) < 4.78 is 5.48. The Balaban J connectivity index is 1.77. The zero-order valence-electron chi connectivity index (χ0n) is 11.1. The predicted molar refractivity (Wildman–Crippen MR) is 69.2 cm³/mol. The van der Waals surface area contributed by atoms with Gasteiger partial charge < -0.3 is 14.7 Å². The van der Waals surface area contributed by atoms with Crippen molar-refractivity contribution in [1.82, 2.24) is 14.9 Å². The molecule has 0 bridgehead atoms. The van der Waals surface area contributed by atoms with E-state index in [1.165, 1.54) is 18.6 Å². The summed E-state index contributed by atoms with van der Waals surface area (Å²) in [6, 6.07) is 0. The van der Waals surface area contributed by atoms with E-state index in [1.54, 1.807) is 4.90 Å². The van der Waals surface area contributed by atoms with Crippen molar-refractivity contribution in [2.45, 2.75) is 25.4 Å². The van der Waals surface area contributed by atoms with E-state index in [0.717, 1.165) is 0 Å². The van der Waals surface area contributed by atoms with Crippen molar-refractivity contribution in [3.63, 3.8) is 0 Å². The number of carboxylic acid groups (broad SMARTS) is 1. The number of hydrogen-bond donors (Lipinski definition) is 1. The highest BCUT2D eigenvalue weighted by molar-refractivity contribution is 5.92. The zero-order valence-corrected chi connectivity index (χ0v) is 11.1. The van der Waals surface area contributed by atoms with Crippen molar-refractivity contribution in [3.8, 4) is 0 Å². The smallest absolute Gasteiger partial charge is 0.305 e. The van der Waals surface area contributed by atoms with Crippen LogP contribution in [0.25, 0.3) is 0 Å². The van der Waals surface area contributed by atoms with Crippen LogP contribution in [0.2, 0.25) is 0 Å². The minimum absolute atomic E-state index is 0.0126. The third-order valence-corrected chi connectivity index (χ3v) is 3.18. The molecule has 1 aliphatic heterocycles. The number of carbonyl (C=O) groups excluding carboxylic acids is 1. The fraction of sp³-hybridized carbons (Fsp3) is 0.538. The Morgan fingerprint density at radius 1 is 1.35 bits per heavy atom. The number of likely N-dealkylation sites (tertiary alicyclic amines) is 1. The number of nitrogens with zero attached hydrogens (tertiary/aromatic N) is 3. The van der Waals surface area contributed by atoms with Gasteiger partial charge in [-0.3, -0.25) is 14.6 Å². The molecule has 20 heavy (non-hydrogen) atoms. The molecule has 1 aliphatic rings. The molecule has 1 aromatic rings. The first-order valence-corrected chi connectivity index (χ1v) is 6.55. The van der Waals surface area contributed by atoms with Crippen molar-refractivity contribution in [3.05, 3.63) is 24.3 Å². The van der Waals surface area contributed by atoms with Crippen molar-refractivity contribution in [2.24, 2.45) is 0 Å². The molecular weight excluding hydrogens is 262 g/mol. The second kappa shape index (κ2) is 6.95. The Kier molecular flexibility index (Phi) is 5.00. The molecule has 0 spiro atoms. The molecule has 1 N–H and O–H groups in total. The van der Waals surface area contributed by atoms with E-state index < -0.39 is 5.97 Å². The van der Waals surface area contributed by atoms with Gasteiger partial charge in [-0.25, -0.2) is 4.98 Å². The minimum Gasteiger partial charge on any atom is -0.481 e. The van der Waals surface area contributed by atoms with Gasteiger partial charge in [-0.15, -0.1) is 0 Å². The molecule has 1 aromatic heterocycles. The van der Waals surface area contributed by atoms with Gasteiger partial charge in [0.2, 0.25) is 0 Å². The summed E-state index contributed by atoms with van der Waals surface area (Å²) in [6.45, 7) is 1.40. The first kappa shape index (κ1) is 14.4. The third kappa shape index (κ3) is 3.99. The molecule has 108 valence electrons. The van der Waals surface area contributed by atoms with E-state index >= 15 is 0 Å². The zero-order chi connectivity index (χ0) is 14.4. The van der Waals surface area contributed by atoms with E-state index in [9.17, 15) is 9.59 Å². The van der Waals surface area contributed by atoms with Gasteiger partial charge in [0.05, 0.1) is 25.3 Å². The Labute approximate surface area is 116 Å². The third-order valence-electron chi connectivity index (χ3n) is 3.18. The fourth-order valence-corrected chi connectivity index (χ4v) is 2.11. The number of hydrogen-bond acceptors (Lipinski definition) is 5. The lowest BCUT2D eigenvalue weighted by atomic mass is 10.1. The number of aliphatic carboxylic acids is 1. The molecular formula is C13H17N3O4. The molecule has 0 aliphatic carbocycles. The Hall–Kier alpha value is -2.02. The lowest BCUT2D eigenvalue weighted by molar-refractivity contribution is -0.138. The summed E-state index contributed by atoms with van der Waals surface area (Å²) in [5.41, 5.74) is 0.345. The highest BCUT2D eigenvalue weighted by atomic mass is 16.5. The van der Waals surface area contributed by atoms with Crippen molar-refractivity contribution >= 4 is 11.9 Å². The van der Waals surface area contributed by atoms with Crippen LogP contribution in [-0.2, 0) is 9.53 Å². The Morgan fingerprint density at radius 3 is 2.70 bits per heavy atom. The number of carboxylic acids is 1. The number of ether oxygens (including phenoxy) is 1. The molecule has 1 amide bonds. The highest BCUT2D eigenvalue weighted by Crippen LogP contribution is 2.15. The summed E-state index contributed by atoms with van der Waals surface area (Å²) >= 11 is 0. The van der Waals surface area contributed by atoms with Gasteiger partial charge in [0.1, 0.15) is 5.69 Å². The quantitative estimate of drug-likeness (QED) is 0.847. The second-order valence-electron chi connectivity index (χ2n) is 4.60. The van der Waals surface area contributed by atoms with E-state index in [-0.39, 0.29) is 25.0 Å². The number of carbonyl (C=O) groups is 2. The number of amides is 1. The van der Waals surface area contributed by atoms with Crippen LogP contribution in [0, 0.1) is 0 Å². The van der Waals surface area contributed by atoms with Gasteiger partial charge in [0.15, 0.2) is 0 Å². The van der Waals surface area contributed by atoms with Crippen LogP contribution in [0.4, 0.5) is 0 Å². The Morgan fingerprint density at radius 2 is 2.10 bits per heavy atom. The molecule has 2 heterocycles. The Bertz CT molecular complexity index is 458. The number of aromatic nitrogens is 2. The van der Waals surface area contributed by atoms with Gasteiger partial charge in [0.25, 0.3) is 5.91 Å². The molecule has 0 aromatic carbocycles. The largest absolute Gasteiger partial charge is 0.481 e. The van der Waals surface area contributed by atoms with Crippen LogP contribution in [0.15, 0.2) is 18.6 Å². The van der Waals surface area contributed by atoms with Crippen LogP contribution in [0.1, 0.15) is 29.8 Å². The maximum atomic E-state index is 12.1. The van der Waals surface area contributed by atoms with E-state index in [2.05, 4.69) is 9.97 Å². The minimum atomic E-state index is -0.861. The summed E-state index contributed by atoms with van der Waals surface area (Å²) in [5, 5.41) is 8.54. The predicted octanol–water partition coefficient (Wildman–Crippen LogP) is 0.572. The average molecular weight is 279 g/mol. The standard InChI is InChI=1S/C13H17N3O4/c17-12(18)3-8-20-10-1-6-16(7-2-10)13(19)11-9-14-4-5-15-11/h4-5,9-10H,1-3,6-8H2,(H,17,18). The van der Waals surface area contributed by atoms with Gasteiger partial charge in [0, 0.05) is 25.5 Å². The molecule has 0 saturated carbocycles. The maximum absolute atomic E-state index is 12.1. The fourth-order valence-electron chi connectivity index (χ4n) is 2.11. The first-order valence-electron chi connectivity index (χ1n) is 6.55. The van der Waals surface area contributed by atoms with E-state index in [1.807, 2.05) is 0 Å². The monoisotopic (exact) mass is 279 g/mol. The molecule has 2 rings (SSSR count). The first-order chi connectivity index (χ1) is 9.66. The summed E-state index contributed by atoms with van der Waals surface area (Å²) in [5.74, 6) is -0.984. The second-order valence-corrected chi connectivity index (χ2v) is 4.60. The van der Waals surface area contributed by atoms with Gasteiger partial charge >= 0.3 is 5.97 Å². The molecule has 1 saturated heterocycles. The topological polar surface area (TPSA) is 92.6 Å². The van der Waals surface area contributed by atoms with Crippen LogP contribution in [0.5, 0.6) is 0 Å².